The van der Waals surface area contributed by atoms with E-state index >= 15 is 0 Å². The number of quaternary nitrogens is 1. The third-order valence-corrected chi connectivity index (χ3v) is 5.02. The van der Waals surface area contributed by atoms with Crippen LogP contribution in [-0.2, 0) is 4.79 Å². The Morgan fingerprint density at radius 1 is 0.917 bits per heavy atom. The van der Waals surface area contributed by atoms with Crippen LogP contribution < -0.4 is 5.11 Å². The second kappa shape index (κ2) is 13.7. The zero-order chi connectivity index (χ0) is 18.4. The summed E-state index contributed by atoms with van der Waals surface area (Å²) in [6.07, 6.45) is 9.50. The van der Waals surface area contributed by atoms with Gasteiger partial charge in [0, 0.05) is 11.9 Å². The number of rotatable bonds is 16. The summed E-state index contributed by atoms with van der Waals surface area (Å²) < 4.78 is 0.728. The molecule has 0 bridgehead atoms. The summed E-state index contributed by atoms with van der Waals surface area (Å²) in [6, 6.07) is 0. The van der Waals surface area contributed by atoms with E-state index < -0.39 is 11.9 Å². The van der Waals surface area contributed by atoms with Gasteiger partial charge in [-0.1, -0.05) is 66.2 Å². The first kappa shape index (κ1) is 23.4. The van der Waals surface area contributed by atoms with Crippen LogP contribution in [0.4, 0.5) is 0 Å². The Hall–Kier alpha value is -0.610. The lowest BCUT2D eigenvalue weighted by Crippen LogP contribution is -2.57. The van der Waals surface area contributed by atoms with Crippen molar-refractivity contribution in [2.75, 3.05) is 26.2 Å². The van der Waals surface area contributed by atoms with E-state index in [0.29, 0.717) is 13.1 Å². The lowest BCUT2D eigenvalue weighted by Gasteiger charge is -2.42. The van der Waals surface area contributed by atoms with Crippen molar-refractivity contribution in [2.24, 2.45) is 5.92 Å². The molecular weight excluding hydrogens is 302 g/mol. The molecule has 4 heteroatoms. The Labute approximate surface area is 149 Å². The quantitative estimate of drug-likeness (QED) is 0.346. The number of aliphatic hydroxyl groups is 1. The molecule has 24 heavy (non-hydrogen) atoms. The Morgan fingerprint density at radius 2 is 1.46 bits per heavy atom. The Morgan fingerprint density at radius 3 is 1.92 bits per heavy atom. The van der Waals surface area contributed by atoms with Crippen LogP contribution in [0.2, 0.25) is 0 Å². The Balaban J connectivity index is 4.90. The molecule has 144 valence electrons. The number of nitrogens with zero attached hydrogens (tertiary/aromatic N) is 1. The lowest BCUT2D eigenvalue weighted by atomic mass is 10.0. The molecule has 0 saturated heterocycles. The first-order chi connectivity index (χ1) is 11.4. The van der Waals surface area contributed by atoms with Crippen molar-refractivity contribution in [3.63, 3.8) is 0 Å². The van der Waals surface area contributed by atoms with Crippen LogP contribution in [0.25, 0.3) is 0 Å². The number of carbonyl (C=O) groups excluding carboxylic acids is 1. The molecule has 2 atom stereocenters. The van der Waals surface area contributed by atoms with Crippen molar-refractivity contribution in [1.29, 1.82) is 0 Å². The number of carboxylic acid groups (broad SMARTS) is 1. The van der Waals surface area contributed by atoms with E-state index in [1.54, 1.807) is 6.92 Å². The first-order valence-corrected chi connectivity index (χ1v) is 10.1. The number of aliphatic carboxylic acids is 1. The largest absolute Gasteiger partial charge is 0.550 e. The summed E-state index contributed by atoms with van der Waals surface area (Å²) in [6.45, 7) is 11.4. The molecule has 0 aliphatic heterocycles. The number of carboxylic acids is 1. The summed E-state index contributed by atoms with van der Waals surface area (Å²) in [5, 5.41) is 21.8. The Kier molecular flexibility index (Phi) is 13.3. The summed E-state index contributed by atoms with van der Waals surface area (Å²) >= 11 is 0. The SMILES string of the molecule is CCCCCCC(O)C[N+](CCCC)(CCCC)CC(C)C(=O)[O-]. The van der Waals surface area contributed by atoms with Crippen LogP contribution in [-0.4, -0.2) is 47.8 Å². The van der Waals surface area contributed by atoms with Crippen molar-refractivity contribution >= 4 is 5.97 Å². The molecule has 1 N–H and O–H groups in total. The van der Waals surface area contributed by atoms with Gasteiger partial charge in [-0.2, -0.15) is 0 Å². The number of unbranched alkanes of at least 4 members (excludes halogenated alkanes) is 5. The van der Waals surface area contributed by atoms with E-state index in [-0.39, 0.29) is 6.10 Å². The standard InChI is InChI=1S/C20H41NO3/c1-5-8-11-12-13-19(22)17-21(14-9-6-2,15-10-7-3)16-18(4)20(23)24/h18-19,22H,5-17H2,1-4H3. The fraction of sp³-hybridized carbons (Fsp3) is 0.950. The maximum Gasteiger partial charge on any atom is 0.105 e. The van der Waals surface area contributed by atoms with Gasteiger partial charge in [-0.25, -0.2) is 0 Å². The normalized spacial score (nSPS) is 14.5. The molecule has 2 unspecified atom stereocenters. The number of aliphatic hydroxyl groups excluding tert-OH is 1. The van der Waals surface area contributed by atoms with Crippen molar-refractivity contribution in [3.8, 4) is 0 Å². The van der Waals surface area contributed by atoms with Gasteiger partial charge in [-0.15, -0.1) is 0 Å². The predicted molar refractivity (Wildman–Crippen MR) is 98.5 cm³/mol. The minimum absolute atomic E-state index is 0.329. The number of hydrogen-bond acceptors (Lipinski definition) is 3. The van der Waals surface area contributed by atoms with E-state index in [1.807, 2.05) is 0 Å². The van der Waals surface area contributed by atoms with E-state index in [4.69, 9.17) is 0 Å². The van der Waals surface area contributed by atoms with Gasteiger partial charge in [0.15, 0.2) is 0 Å². The maximum absolute atomic E-state index is 11.3. The van der Waals surface area contributed by atoms with E-state index in [2.05, 4.69) is 20.8 Å². The smallest absolute Gasteiger partial charge is 0.105 e. The maximum atomic E-state index is 11.3. The molecule has 0 radical (unpaired) electrons. The van der Waals surface area contributed by atoms with Crippen molar-refractivity contribution < 1.29 is 19.5 Å². The summed E-state index contributed by atoms with van der Waals surface area (Å²) in [4.78, 5) is 11.3. The molecule has 0 aliphatic carbocycles. The second-order valence-electron chi connectivity index (χ2n) is 7.58. The second-order valence-corrected chi connectivity index (χ2v) is 7.58. The molecule has 0 rings (SSSR count). The number of carbonyl (C=O) groups is 1. The third kappa shape index (κ3) is 10.3. The minimum Gasteiger partial charge on any atom is -0.550 e. The van der Waals surface area contributed by atoms with Gasteiger partial charge in [0.2, 0.25) is 0 Å². The van der Waals surface area contributed by atoms with Crippen LogP contribution in [0.3, 0.4) is 0 Å². The zero-order valence-corrected chi connectivity index (χ0v) is 16.6. The molecule has 0 aliphatic rings. The molecule has 0 amide bonds. The molecule has 0 aromatic carbocycles. The van der Waals surface area contributed by atoms with Crippen molar-refractivity contribution in [2.45, 2.75) is 91.6 Å². The number of hydrogen-bond donors (Lipinski definition) is 1. The van der Waals surface area contributed by atoms with Crippen LogP contribution in [0.1, 0.15) is 85.5 Å². The summed E-state index contributed by atoms with van der Waals surface area (Å²) in [7, 11) is 0. The summed E-state index contributed by atoms with van der Waals surface area (Å²) in [5.41, 5.74) is 0. The molecule has 0 saturated carbocycles. The molecule has 0 fully saturated rings. The highest BCUT2D eigenvalue weighted by molar-refractivity contribution is 5.67. The average Bonchev–Trinajstić information content (AvgIpc) is 2.54. The summed E-state index contributed by atoms with van der Waals surface area (Å²) in [5.74, 6) is -1.44. The van der Waals surface area contributed by atoms with Crippen LogP contribution in [0, 0.1) is 5.92 Å². The molecule has 4 nitrogen and oxygen atoms in total. The molecule has 0 aromatic rings. The zero-order valence-electron chi connectivity index (χ0n) is 16.6. The molecular formula is C20H41NO3. The fourth-order valence-electron chi connectivity index (χ4n) is 3.54. The van der Waals surface area contributed by atoms with Gasteiger partial charge in [0.25, 0.3) is 0 Å². The fourth-order valence-corrected chi connectivity index (χ4v) is 3.54. The van der Waals surface area contributed by atoms with E-state index in [0.717, 1.165) is 56.1 Å². The van der Waals surface area contributed by atoms with Gasteiger partial charge in [-0.05, 0) is 19.3 Å². The van der Waals surface area contributed by atoms with E-state index in [9.17, 15) is 15.0 Å². The lowest BCUT2D eigenvalue weighted by molar-refractivity contribution is -0.933. The topological polar surface area (TPSA) is 60.4 Å². The third-order valence-electron chi connectivity index (χ3n) is 5.02. The van der Waals surface area contributed by atoms with E-state index in [1.165, 1.54) is 19.3 Å². The van der Waals surface area contributed by atoms with Gasteiger partial charge < -0.3 is 19.5 Å². The molecule has 0 heterocycles. The van der Waals surface area contributed by atoms with Gasteiger partial charge >= 0.3 is 0 Å². The first-order valence-electron chi connectivity index (χ1n) is 10.1. The molecule has 0 spiro atoms. The monoisotopic (exact) mass is 343 g/mol. The highest BCUT2D eigenvalue weighted by Gasteiger charge is 2.31. The highest BCUT2D eigenvalue weighted by atomic mass is 16.4. The van der Waals surface area contributed by atoms with Crippen molar-refractivity contribution in [1.82, 2.24) is 0 Å². The predicted octanol–water partition coefficient (Wildman–Crippen LogP) is 3.12. The highest BCUT2D eigenvalue weighted by Crippen LogP contribution is 2.19. The van der Waals surface area contributed by atoms with Crippen LogP contribution in [0.15, 0.2) is 0 Å². The van der Waals surface area contributed by atoms with Crippen molar-refractivity contribution in [3.05, 3.63) is 0 Å². The van der Waals surface area contributed by atoms with Gasteiger partial charge in [0.1, 0.15) is 12.6 Å². The van der Waals surface area contributed by atoms with Gasteiger partial charge in [-0.3, -0.25) is 0 Å². The van der Waals surface area contributed by atoms with Crippen LogP contribution >= 0.6 is 0 Å². The Bertz CT molecular complexity index is 312. The minimum atomic E-state index is -0.970. The average molecular weight is 344 g/mol. The van der Waals surface area contributed by atoms with Crippen LogP contribution in [0.5, 0.6) is 0 Å². The van der Waals surface area contributed by atoms with Gasteiger partial charge in [0.05, 0.1) is 19.6 Å². The molecule has 0 aromatic heterocycles.